The Morgan fingerprint density at radius 3 is 2.20 bits per heavy atom. The summed E-state index contributed by atoms with van der Waals surface area (Å²) in [5.41, 5.74) is 0.947. The highest BCUT2D eigenvalue weighted by Gasteiger charge is 2.21. The van der Waals surface area contributed by atoms with Gasteiger partial charge in [-0.3, -0.25) is 0 Å². The standard InChI is InChI=1S/C12H16Cl2O/c1-7(2)12(15)8(3)10-5-4-9(13)6-11(10)14/h4-8,12,15H,1-3H3. The van der Waals surface area contributed by atoms with Crippen LogP contribution in [-0.4, -0.2) is 11.2 Å². The molecule has 1 aromatic rings. The first-order chi connectivity index (χ1) is 6.93. The third-order valence-electron chi connectivity index (χ3n) is 2.65. The van der Waals surface area contributed by atoms with Crippen molar-refractivity contribution < 1.29 is 5.11 Å². The minimum absolute atomic E-state index is 0.0229. The van der Waals surface area contributed by atoms with Crippen molar-refractivity contribution in [3.8, 4) is 0 Å². The van der Waals surface area contributed by atoms with Crippen LogP contribution in [0.1, 0.15) is 32.3 Å². The molecule has 0 radical (unpaired) electrons. The fourth-order valence-corrected chi connectivity index (χ4v) is 2.21. The molecule has 1 N–H and O–H groups in total. The molecule has 1 aromatic carbocycles. The van der Waals surface area contributed by atoms with Crippen LogP contribution in [0.3, 0.4) is 0 Å². The fourth-order valence-electron chi connectivity index (χ4n) is 1.63. The van der Waals surface area contributed by atoms with Gasteiger partial charge in [-0.05, 0) is 23.6 Å². The second kappa shape index (κ2) is 5.20. The lowest BCUT2D eigenvalue weighted by Crippen LogP contribution is -2.22. The van der Waals surface area contributed by atoms with Gasteiger partial charge in [0.15, 0.2) is 0 Å². The van der Waals surface area contributed by atoms with E-state index < -0.39 is 0 Å². The van der Waals surface area contributed by atoms with Gasteiger partial charge in [-0.25, -0.2) is 0 Å². The van der Waals surface area contributed by atoms with E-state index in [0.717, 1.165) is 5.56 Å². The van der Waals surface area contributed by atoms with Crippen molar-refractivity contribution in [1.82, 2.24) is 0 Å². The Labute approximate surface area is 101 Å². The van der Waals surface area contributed by atoms with E-state index in [1.54, 1.807) is 12.1 Å². The van der Waals surface area contributed by atoms with E-state index in [-0.39, 0.29) is 17.9 Å². The van der Waals surface area contributed by atoms with E-state index >= 15 is 0 Å². The van der Waals surface area contributed by atoms with Crippen LogP contribution >= 0.6 is 23.2 Å². The molecule has 1 rings (SSSR count). The average Bonchev–Trinajstić information content (AvgIpc) is 2.15. The Balaban J connectivity index is 2.96. The first-order valence-electron chi connectivity index (χ1n) is 5.06. The van der Waals surface area contributed by atoms with Gasteiger partial charge in [0.2, 0.25) is 0 Å². The largest absolute Gasteiger partial charge is 0.392 e. The van der Waals surface area contributed by atoms with Crippen molar-refractivity contribution in [2.45, 2.75) is 32.8 Å². The molecule has 0 aliphatic rings. The predicted molar refractivity (Wildman–Crippen MR) is 65.7 cm³/mol. The van der Waals surface area contributed by atoms with Crippen LogP contribution in [0.5, 0.6) is 0 Å². The number of rotatable bonds is 3. The lowest BCUT2D eigenvalue weighted by molar-refractivity contribution is 0.102. The van der Waals surface area contributed by atoms with Gasteiger partial charge in [-0.15, -0.1) is 0 Å². The molecule has 0 aromatic heterocycles. The maximum Gasteiger partial charge on any atom is 0.0629 e. The maximum atomic E-state index is 9.95. The molecule has 0 saturated heterocycles. The van der Waals surface area contributed by atoms with Crippen LogP contribution in [0.2, 0.25) is 10.0 Å². The monoisotopic (exact) mass is 246 g/mol. The van der Waals surface area contributed by atoms with Crippen LogP contribution in [-0.2, 0) is 0 Å². The summed E-state index contributed by atoms with van der Waals surface area (Å²) in [7, 11) is 0. The zero-order valence-corrected chi connectivity index (χ0v) is 10.7. The van der Waals surface area contributed by atoms with Crippen molar-refractivity contribution in [1.29, 1.82) is 0 Å². The second-order valence-electron chi connectivity index (χ2n) is 4.19. The van der Waals surface area contributed by atoms with E-state index in [4.69, 9.17) is 23.2 Å². The van der Waals surface area contributed by atoms with Crippen LogP contribution in [0.4, 0.5) is 0 Å². The highest BCUT2D eigenvalue weighted by Crippen LogP contribution is 2.31. The molecular formula is C12H16Cl2O. The maximum absolute atomic E-state index is 9.95. The number of hydrogen-bond acceptors (Lipinski definition) is 1. The molecule has 3 heteroatoms. The molecule has 2 atom stereocenters. The van der Waals surface area contributed by atoms with Gasteiger partial charge >= 0.3 is 0 Å². The smallest absolute Gasteiger partial charge is 0.0629 e. The van der Waals surface area contributed by atoms with E-state index in [1.807, 2.05) is 26.8 Å². The molecule has 0 aliphatic carbocycles. The van der Waals surface area contributed by atoms with Crippen LogP contribution in [0, 0.1) is 5.92 Å². The fraction of sp³-hybridized carbons (Fsp3) is 0.500. The van der Waals surface area contributed by atoms with Crippen LogP contribution in [0.15, 0.2) is 18.2 Å². The highest BCUT2D eigenvalue weighted by atomic mass is 35.5. The van der Waals surface area contributed by atoms with Crippen molar-refractivity contribution in [2.24, 2.45) is 5.92 Å². The van der Waals surface area contributed by atoms with Crippen molar-refractivity contribution in [3.63, 3.8) is 0 Å². The minimum Gasteiger partial charge on any atom is -0.392 e. The third-order valence-corrected chi connectivity index (χ3v) is 3.21. The summed E-state index contributed by atoms with van der Waals surface area (Å²) in [5.74, 6) is 0.238. The summed E-state index contributed by atoms with van der Waals surface area (Å²) in [6.45, 7) is 5.95. The van der Waals surface area contributed by atoms with Gasteiger partial charge in [-0.1, -0.05) is 50.0 Å². The van der Waals surface area contributed by atoms with Crippen LogP contribution in [0.25, 0.3) is 0 Å². The topological polar surface area (TPSA) is 20.2 Å². The molecular weight excluding hydrogens is 231 g/mol. The number of benzene rings is 1. The Hall–Kier alpha value is -0.240. The molecule has 2 unspecified atom stereocenters. The van der Waals surface area contributed by atoms with Crippen molar-refractivity contribution in [2.75, 3.05) is 0 Å². The Kier molecular flexibility index (Phi) is 4.45. The summed E-state index contributed by atoms with van der Waals surface area (Å²) in [5, 5.41) is 11.2. The summed E-state index contributed by atoms with van der Waals surface area (Å²) in [6.07, 6.45) is -0.385. The number of aliphatic hydroxyl groups excluding tert-OH is 1. The summed E-state index contributed by atoms with van der Waals surface area (Å²) >= 11 is 11.9. The Morgan fingerprint density at radius 1 is 1.13 bits per heavy atom. The second-order valence-corrected chi connectivity index (χ2v) is 5.03. The average molecular weight is 247 g/mol. The molecule has 0 heterocycles. The molecule has 0 aliphatic heterocycles. The van der Waals surface area contributed by atoms with E-state index in [0.29, 0.717) is 10.0 Å². The number of halogens is 2. The molecule has 15 heavy (non-hydrogen) atoms. The molecule has 0 spiro atoms. The summed E-state index contributed by atoms with van der Waals surface area (Å²) in [6, 6.07) is 5.38. The van der Waals surface area contributed by atoms with Gasteiger partial charge < -0.3 is 5.11 Å². The molecule has 0 bridgehead atoms. The predicted octanol–water partition coefficient (Wildman–Crippen LogP) is 4.11. The highest BCUT2D eigenvalue weighted by molar-refractivity contribution is 6.35. The summed E-state index contributed by atoms with van der Waals surface area (Å²) < 4.78 is 0. The van der Waals surface area contributed by atoms with Gasteiger partial charge in [0.05, 0.1) is 6.10 Å². The lowest BCUT2D eigenvalue weighted by atomic mass is 9.89. The minimum atomic E-state index is -0.385. The number of aliphatic hydroxyl groups is 1. The quantitative estimate of drug-likeness (QED) is 0.851. The van der Waals surface area contributed by atoms with Gasteiger partial charge in [-0.2, -0.15) is 0 Å². The van der Waals surface area contributed by atoms with E-state index in [1.165, 1.54) is 0 Å². The zero-order chi connectivity index (χ0) is 11.6. The van der Waals surface area contributed by atoms with Crippen molar-refractivity contribution >= 4 is 23.2 Å². The molecule has 0 fully saturated rings. The Bertz CT molecular complexity index is 336. The summed E-state index contributed by atoms with van der Waals surface area (Å²) in [4.78, 5) is 0. The lowest BCUT2D eigenvalue weighted by Gasteiger charge is -2.23. The molecule has 0 amide bonds. The molecule has 0 saturated carbocycles. The van der Waals surface area contributed by atoms with Crippen LogP contribution < -0.4 is 0 Å². The normalized spacial score (nSPS) is 15.4. The zero-order valence-electron chi connectivity index (χ0n) is 9.17. The van der Waals surface area contributed by atoms with Gasteiger partial charge in [0, 0.05) is 16.0 Å². The van der Waals surface area contributed by atoms with E-state index in [2.05, 4.69) is 0 Å². The molecule has 1 nitrogen and oxygen atoms in total. The third kappa shape index (κ3) is 3.10. The van der Waals surface area contributed by atoms with E-state index in [9.17, 15) is 5.11 Å². The SMILES string of the molecule is CC(C)C(O)C(C)c1ccc(Cl)cc1Cl. The molecule has 84 valence electrons. The Morgan fingerprint density at radius 2 is 1.73 bits per heavy atom. The first-order valence-corrected chi connectivity index (χ1v) is 5.82. The first kappa shape index (κ1) is 12.8. The van der Waals surface area contributed by atoms with Crippen molar-refractivity contribution in [3.05, 3.63) is 33.8 Å². The van der Waals surface area contributed by atoms with Gasteiger partial charge in [0.1, 0.15) is 0 Å². The van der Waals surface area contributed by atoms with Gasteiger partial charge in [0.25, 0.3) is 0 Å². The number of hydrogen-bond donors (Lipinski definition) is 1.